The first-order valence-corrected chi connectivity index (χ1v) is 9.07. The maximum atomic E-state index is 3.79. The first-order chi connectivity index (χ1) is 10.2. The van der Waals surface area contributed by atoms with Gasteiger partial charge in [0.2, 0.25) is 0 Å². The van der Waals surface area contributed by atoms with Crippen molar-refractivity contribution in [2.45, 2.75) is 76.7 Å². The molecule has 0 amide bonds. The minimum absolute atomic E-state index is 0.636. The van der Waals surface area contributed by atoms with Gasteiger partial charge in [-0.05, 0) is 54.6 Å². The van der Waals surface area contributed by atoms with Crippen LogP contribution < -0.4 is 5.32 Å². The molecule has 2 aliphatic carbocycles. The van der Waals surface area contributed by atoms with Crippen molar-refractivity contribution in [2.24, 2.45) is 5.92 Å². The van der Waals surface area contributed by atoms with Gasteiger partial charge in [0.1, 0.15) is 0 Å². The quantitative estimate of drug-likeness (QED) is 0.755. The normalized spacial score (nSPS) is 21.7. The van der Waals surface area contributed by atoms with E-state index in [1.165, 1.54) is 57.1 Å². The average molecular weight is 285 g/mol. The molecule has 3 rings (SSSR count). The summed E-state index contributed by atoms with van der Waals surface area (Å²) in [4.78, 5) is 0. The van der Waals surface area contributed by atoms with E-state index in [-0.39, 0.29) is 0 Å². The minimum atomic E-state index is 0.636. The summed E-state index contributed by atoms with van der Waals surface area (Å²) in [7, 11) is 0. The Morgan fingerprint density at radius 1 is 0.905 bits per heavy atom. The minimum Gasteiger partial charge on any atom is -0.313 e. The Kier molecular flexibility index (Phi) is 5.00. The molecule has 0 aliphatic heterocycles. The summed E-state index contributed by atoms with van der Waals surface area (Å²) >= 11 is 0. The van der Waals surface area contributed by atoms with Gasteiger partial charge < -0.3 is 5.32 Å². The second-order valence-corrected chi connectivity index (χ2v) is 7.51. The molecule has 1 heteroatoms. The lowest BCUT2D eigenvalue weighted by molar-refractivity contribution is 0.296. The summed E-state index contributed by atoms with van der Waals surface area (Å²) in [5, 5.41) is 3.79. The molecule has 1 N–H and O–H groups in total. The predicted octanol–water partition coefficient (Wildman–Crippen LogP) is 5.23. The van der Waals surface area contributed by atoms with Gasteiger partial charge in [0.05, 0.1) is 0 Å². The third kappa shape index (κ3) is 4.10. The van der Waals surface area contributed by atoms with Crippen molar-refractivity contribution >= 4 is 0 Å². The molecule has 0 radical (unpaired) electrons. The molecule has 0 aromatic heterocycles. The Hall–Kier alpha value is -0.820. The zero-order chi connectivity index (χ0) is 14.7. The molecule has 1 aromatic rings. The highest BCUT2D eigenvalue weighted by molar-refractivity contribution is 5.28. The van der Waals surface area contributed by atoms with Crippen molar-refractivity contribution in [2.75, 3.05) is 6.54 Å². The van der Waals surface area contributed by atoms with Gasteiger partial charge in [-0.15, -0.1) is 0 Å². The van der Waals surface area contributed by atoms with E-state index in [0.29, 0.717) is 5.92 Å². The molecular formula is C20H31N. The zero-order valence-electron chi connectivity index (χ0n) is 13.8. The van der Waals surface area contributed by atoms with Gasteiger partial charge in [-0.1, -0.05) is 57.4 Å². The summed E-state index contributed by atoms with van der Waals surface area (Å²) in [6.45, 7) is 5.75. The van der Waals surface area contributed by atoms with Gasteiger partial charge in [0, 0.05) is 12.6 Å². The van der Waals surface area contributed by atoms with Crippen LogP contribution in [-0.2, 0) is 0 Å². The van der Waals surface area contributed by atoms with E-state index in [0.717, 1.165) is 17.9 Å². The highest BCUT2D eigenvalue weighted by atomic mass is 14.9. The Labute approximate surface area is 130 Å². The molecule has 21 heavy (non-hydrogen) atoms. The van der Waals surface area contributed by atoms with Crippen LogP contribution in [0.5, 0.6) is 0 Å². The van der Waals surface area contributed by atoms with E-state index < -0.39 is 0 Å². The first kappa shape index (κ1) is 15.1. The Morgan fingerprint density at radius 2 is 1.52 bits per heavy atom. The van der Waals surface area contributed by atoms with Crippen molar-refractivity contribution < 1.29 is 0 Å². The van der Waals surface area contributed by atoms with Gasteiger partial charge in [-0.2, -0.15) is 0 Å². The third-order valence-corrected chi connectivity index (χ3v) is 5.45. The van der Waals surface area contributed by atoms with Crippen molar-refractivity contribution in [3.8, 4) is 0 Å². The van der Waals surface area contributed by atoms with Crippen molar-refractivity contribution in [3.05, 3.63) is 35.4 Å². The Morgan fingerprint density at radius 3 is 2.10 bits per heavy atom. The lowest BCUT2D eigenvalue weighted by Crippen LogP contribution is -2.29. The largest absolute Gasteiger partial charge is 0.313 e. The zero-order valence-corrected chi connectivity index (χ0v) is 13.8. The van der Waals surface area contributed by atoms with Crippen LogP contribution in [0.1, 0.15) is 81.8 Å². The van der Waals surface area contributed by atoms with Crippen LogP contribution >= 0.6 is 0 Å². The summed E-state index contributed by atoms with van der Waals surface area (Å²) in [5.41, 5.74) is 3.04. The van der Waals surface area contributed by atoms with E-state index in [1.54, 1.807) is 5.56 Å². The first-order valence-electron chi connectivity index (χ1n) is 9.07. The van der Waals surface area contributed by atoms with Crippen molar-refractivity contribution in [1.82, 2.24) is 5.32 Å². The Balaban J connectivity index is 1.72. The van der Waals surface area contributed by atoms with E-state index in [2.05, 4.69) is 43.4 Å². The van der Waals surface area contributed by atoms with Crippen LogP contribution in [-0.4, -0.2) is 12.6 Å². The van der Waals surface area contributed by atoms with E-state index in [9.17, 15) is 0 Å². The lowest BCUT2D eigenvalue weighted by Gasteiger charge is -2.31. The lowest BCUT2D eigenvalue weighted by atomic mass is 9.76. The van der Waals surface area contributed by atoms with Crippen molar-refractivity contribution in [3.63, 3.8) is 0 Å². The summed E-state index contributed by atoms with van der Waals surface area (Å²) < 4.78 is 0. The maximum Gasteiger partial charge on any atom is 0.00684 e. The summed E-state index contributed by atoms with van der Waals surface area (Å²) in [5.74, 6) is 2.26. The highest BCUT2D eigenvalue weighted by Gasteiger charge is 2.28. The number of hydrogen-bond acceptors (Lipinski definition) is 1. The Bertz CT molecular complexity index is 424. The molecule has 1 unspecified atom stereocenters. The molecule has 0 spiro atoms. The molecule has 2 fully saturated rings. The fourth-order valence-electron chi connectivity index (χ4n) is 3.80. The van der Waals surface area contributed by atoms with Gasteiger partial charge >= 0.3 is 0 Å². The second-order valence-electron chi connectivity index (χ2n) is 7.51. The molecular weight excluding hydrogens is 254 g/mol. The molecule has 116 valence electrons. The molecule has 1 nitrogen and oxygen atoms in total. The maximum absolute atomic E-state index is 3.79. The number of rotatable bonds is 6. The molecule has 1 atom stereocenters. The van der Waals surface area contributed by atoms with Crippen molar-refractivity contribution in [1.29, 1.82) is 0 Å². The predicted molar refractivity (Wildman–Crippen MR) is 90.9 cm³/mol. The van der Waals surface area contributed by atoms with Crippen LogP contribution in [0.25, 0.3) is 0 Å². The molecule has 0 saturated heterocycles. The third-order valence-electron chi connectivity index (χ3n) is 5.45. The average Bonchev–Trinajstić information content (AvgIpc) is 3.33. The molecule has 1 aromatic carbocycles. The molecule has 0 bridgehead atoms. The standard InChI is InChI=1S/C20H31N/c1-15(2)16-8-10-18(11-9-16)20(14-21-19-12-13-19)17-6-4-3-5-7-17/h8-11,15,17,19-21H,3-7,12-14H2,1-2H3. The second kappa shape index (κ2) is 6.96. The fourth-order valence-corrected chi connectivity index (χ4v) is 3.80. The summed E-state index contributed by atoms with van der Waals surface area (Å²) in [6, 6.07) is 10.3. The van der Waals surface area contributed by atoms with Gasteiger partial charge in [0.15, 0.2) is 0 Å². The van der Waals surface area contributed by atoms with Gasteiger partial charge in [-0.25, -0.2) is 0 Å². The number of nitrogens with one attached hydrogen (secondary N) is 1. The van der Waals surface area contributed by atoms with E-state index in [4.69, 9.17) is 0 Å². The molecule has 2 saturated carbocycles. The van der Waals surface area contributed by atoms with Crippen LogP contribution in [0.3, 0.4) is 0 Å². The van der Waals surface area contributed by atoms with Crippen LogP contribution in [0.4, 0.5) is 0 Å². The smallest absolute Gasteiger partial charge is 0.00684 e. The van der Waals surface area contributed by atoms with E-state index in [1.807, 2.05) is 0 Å². The van der Waals surface area contributed by atoms with Crippen LogP contribution in [0.15, 0.2) is 24.3 Å². The van der Waals surface area contributed by atoms with Gasteiger partial charge in [-0.3, -0.25) is 0 Å². The highest BCUT2D eigenvalue weighted by Crippen LogP contribution is 2.36. The SMILES string of the molecule is CC(C)c1ccc(C(CNC2CC2)C2CCCCC2)cc1. The monoisotopic (exact) mass is 285 g/mol. The topological polar surface area (TPSA) is 12.0 Å². The van der Waals surface area contributed by atoms with Crippen LogP contribution in [0.2, 0.25) is 0 Å². The molecule has 0 heterocycles. The fraction of sp³-hybridized carbons (Fsp3) is 0.700. The summed E-state index contributed by atoms with van der Waals surface area (Å²) in [6.07, 6.45) is 9.98. The van der Waals surface area contributed by atoms with Gasteiger partial charge in [0.25, 0.3) is 0 Å². The molecule has 2 aliphatic rings. The van der Waals surface area contributed by atoms with Crippen LogP contribution in [0, 0.1) is 5.92 Å². The number of benzene rings is 1. The number of hydrogen-bond donors (Lipinski definition) is 1. The van der Waals surface area contributed by atoms with E-state index >= 15 is 0 Å².